The summed E-state index contributed by atoms with van der Waals surface area (Å²) in [5.41, 5.74) is 0. The van der Waals surface area contributed by atoms with Gasteiger partial charge in [-0.05, 0) is 24.6 Å². The van der Waals surface area contributed by atoms with Crippen LogP contribution in [0.25, 0.3) is 0 Å². The SMILES string of the molecule is O=C(COc1ccc(Cl)cc1Cl)N[C@H]1C[C@H]2C(=O)NCC(=O)N2C1. The molecule has 2 fully saturated rings. The second-order valence-corrected chi connectivity index (χ2v) is 6.49. The van der Waals surface area contributed by atoms with E-state index in [-0.39, 0.29) is 36.9 Å². The third kappa shape index (κ3) is 3.57. The lowest BCUT2D eigenvalue weighted by Crippen LogP contribution is -2.55. The highest BCUT2D eigenvalue weighted by Gasteiger charge is 2.42. The third-order valence-electron chi connectivity index (χ3n) is 3.96. The Kier molecular flexibility index (Phi) is 4.82. The van der Waals surface area contributed by atoms with E-state index in [1.165, 1.54) is 11.0 Å². The molecule has 128 valence electrons. The second-order valence-electron chi connectivity index (χ2n) is 5.64. The van der Waals surface area contributed by atoms with Crippen LogP contribution in [0.15, 0.2) is 18.2 Å². The number of amides is 3. The molecule has 24 heavy (non-hydrogen) atoms. The number of carbonyl (C=O) groups is 3. The smallest absolute Gasteiger partial charge is 0.258 e. The van der Waals surface area contributed by atoms with Crippen LogP contribution < -0.4 is 15.4 Å². The van der Waals surface area contributed by atoms with Crippen molar-refractivity contribution in [2.45, 2.75) is 18.5 Å². The van der Waals surface area contributed by atoms with Crippen molar-refractivity contribution in [1.82, 2.24) is 15.5 Å². The van der Waals surface area contributed by atoms with Gasteiger partial charge in [-0.15, -0.1) is 0 Å². The first-order valence-corrected chi connectivity index (χ1v) is 8.14. The maximum absolute atomic E-state index is 12.0. The molecule has 1 aromatic carbocycles. The van der Waals surface area contributed by atoms with Gasteiger partial charge in [0.2, 0.25) is 11.8 Å². The maximum Gasteiger partial charge on any atom is 0.258 e. The van der Waals surface area contributed by atoms with Crippen molar-refractivity contribution in [3.05, 3.63) is 28.2 Å². The first-order valence-electron chi connectivity index (χ1n) is 7.38. The molecule has 2 atom stereocenters. The van der Waals surface area contributed by atoms with Gasteiger partial charge in [0.15, 0.2) is 6.61 Å². The number of fused-ring (bicyclic) bond motifs is 1. The van der Waals surface area contributed by atoms with E-state index < -0.39 is 6.04 Å². The van der Waals surface area contributed by atoms with Crippen LogP contribution in [0.4, 0.5) is 0 Å². The van der Waals surface area contributed by atoms with Crippen molar-refractivity contribution in [3.8, 4) is 5.75 Å². The maximum atomic E-state index is 12.0. The van der Waals surface area contributed by atoms with Crippen LogP contribution in [0, 0.1) is 0 Å². The molecule has 3 amide bonds. The van der Waals surface area contributed by atoms with E-state index in [1.54, 1.807) is 12.1 Å². The van der Waals surface area contributed by atoms with Crippen LogP contribution in [-0.4, -0.2) is 54.4 Å². The van der Waals surface area contributed by atoms with Crippen LogP contribution in [-0.2, 0) is 14.4 Å². The Morgan fingerprint density at radius 2 is 2.17 bits per heavy atom. The van der Waals surface area contributed by atoms with Crippen LogP contribution in [0.5, 0.6) is 5.75 Å². The summed E-state index contributed by atoms with van der Waals surface area (Å²) in [6, 6.07) is 3.93. The van der Waals surface area contributed by atoms with E-state index in [1.807, 2.05) is 0 Å². The van der Waals surface area contributed by atoms with Crippen molar-refractivity contribution in [2.24, 2.45) is 0 Å². The number of ether oxygens (including phenoxy) is 1. The monoisotopic (exact) mass is 371 g/mol. The van der Waals surface area contributed by atoms with Gasteiger partial charge in [0.25, 0.3) is 5.91 Å². The van der Waals surface area contributed by atoms with Gasteiger partial charge in [-0.25, -0.2) is 0 Å². The zero-order valence-corrected chi connectivity index (χ0v) is 14.1. The summed E-state index contributed by atoms with van der Waals surface area (Å²) in [5.74, 6) is -0.315. The summed E-state index contributed by atoms with van der Waals surface area (Å²) in [7, 11) is 0. The van der Waals surface area contributed by atoms with Gasteiger partial charge in [-0.3, -0.25) is 14.4 Å². The standard InChI is InChI=1S/C15H15Cl2N3O4/c16-8-1-2-12(10(17)3-8)24-7-13(21)19-9-4-11-15(23)18-5-14(22)20(11)6-9/h1-3,9,11H,4-7H2,(H,18,23)(H,19,21)/t9-,11-/m0/s1. The van der Waals surface area contributed by atoms with Gasteiger partial charge < -0.3 is 20.3 Å². The minimum absolute atomic E-state index is 0.00811. The molecule has 0 aromatic heterocycles. The zero-order chi connectivity index (χ0) is 17.3. The minimum atomic E-state index is -0.511. The molecule has 0 spiro atoms. The molecule has 0 aliphatic carbocycles. The average Bonchev–Trinajstić information content (AvgIpc) is 2.95. The topological polar surface area (TPSA) is 87.7 Å². The molecule has 7 nitrogen and oxygen atoms in total. The van der Waals surface area contributed by atoms with E-state index in [2.05, 4.69) is 10.6 Å². The molecule has 1 aromatic rings. The Hall–Kier alpha value is -1.99. The van der Waals surface area contributed by atoms with Gasteiger partial charge >= 0.3 is 0 Å². The number of halogens is 2. The number of nitrogens with one attached hydrogen (secondary N) is 2. The molecule has 9 heteroatoms. The Morgan fingerprint density at radius 3 is 2.88 bits per heavy atom. The summed E-state index contributed by atoms with van der Waals surface area (Å²) < 4.78 is 5.36. The van der Waals surface area contributed by atoms with Gasteiger partial charge in [0, 0.05) is 17.6 Å². The van der Waals surface area contributed by atoms with Crippen LogP contribution in [0.1, 0.15) is 6.42 Å². The third-order valence-corrected chi connectivity index (χ3v) is 4.49. The van der Waals surface area contributed by atoms with Gasteiger partial charge in [-0.1, -0.05) is 23.2 Å². The van der Waals surface area contributed by atoms with E-state index in [4.69, 9.17) is 27.9 Å². The van der Waals surface area contributed by atoms with Crippen molar-refractivity contribution in [3.63, 3.8) is 0 Å². The molecule has 2 saturated heterocycles. The van der Waals surface area contributed by atoms with Crippen LogP contribution in [0.2, 0.25) is 10.0 Å². The number of nitrogens with zero attached hydrogens (tertiary/aromatic N) is 1. The molecule has 0 radical (unpaired) electrons. The molecule has 0 bridgehead atoms. The summed E-state index contributed by atoms with van der Waals surface area (Å²) in [6.07, 6.45) is 0.394. The summed E-state index contributed by atoms with van der Waals surface area (Å²) in [4.78, 5) is 37.0. The Morgan fingerprint density at radius 1 is 1.38 bits per heavy atom. The number of hydrogen-bond donors (Lipinski definition) is 2. The predicted molar refractivity (Wildman–Crippen MR) is 87.0 cm³/mol. The normalized spacial score (nSPS) is 22.8. The molecular weight excluding hydrogens is 357 g/mol. The number of hydrogen-bond acceptors (Lipinski definition) is 4. The largest absolute Gasteiger partial charge is 0.482 e. The quantitative estimate of drug-likeness (QED) is 0.810. The summed E-state index contributed by atoms with van der Waals surface area (Å²) in [5, 5.41) is 6.10. The first-order chi connectivity index (χ1) is 11.4. The summed E-state index contributed by atoms with van der Waals surface area (Å²) >= 11 is 11.8. The molecule has 2 N–H and O–H groups in total. The van der Waals surface area contributed by atoms with Gasteiger partial charge in [0.1, 0.15) is 11.8 Å². The van der Waals surface area contributed by atoms with Crippen molar-refractivity contribution in [2.75, 3.05) is 19.7 Å². The Labute approximate surface area is 148 Å². The zero-order valence-electron chi connectivity index (χ0n) is 12.6. The molecule has 2 aliphatic heterocycles. The fourth-order valence-corrected chi connectivity index (χ4v) is 3.31. The fourth-order valence-electron chi connectivity index (χ4n) is 2.85. The van der Waals surface area contributed by atoms with Crippen molar-refractivity contribution < 1.29 is 19.1 Å². The minimum Gasteiger partial charge on any atom is -0.482 e. The number of carbonyl (C=O) groups excluding carboxylic acids is 3. The van der Waals surface area contributed by atoms with E-state index >= 15 is 0 Å². The van der Waals surface area contributed by atoms with Gasteiger partial charge in [0.05, 0.1) is 11.6 Å². The van der Waals surface area contributed by atoms with Crippen molar-refractivity contribution >= 4 is 40.9 Å². The van der Waals surface area contributed by atoms with Crippen LogP contribution >= 0.6 is 23.2 Å². The lowest BCUT2D eigenvalue weighted by molar-refractivity contribution is -0.143. The fraction of sp³-hybridized carbons (Fsp3) is 0.400. The number of benzene rings is 1. The second kappa shape index (κ2) is 6.86. The molecule has 2 heterocycles. The van der Waals surface area contributed by atoms with Gasteiger partial charge in [-0.2, -0.15) is 0 Å². The lowest BCUT2D eigenvalue weighted by Gasteiger charge is -2.28. The summed E-state index contributed by atoms with van der Waals surface area (Å²) in [6.45, 7) is 0.112. The lowest BCUT2D eigenvalue weighted by atomic mass is 10.1. The molecule has 0 saturated carbocycles. The molecule has 3 rings (SSSR count). The number of piperazine rings is 1. The molecular formula is C15H15Cl2N3O4. The number of rotatable bonds is 4. The first kappa shape index (κ1) is 16.9. The Balaban J connectivity index is 1.52. The average molecular weight is 372 g/mol. The highest BCUT2D eigenvalue weighted by Crippen LogP contribution is 2.27. The Bertz CT molecular complexity index is 673. The molecule has 2 aliphatic rings. The van der Waals surface area contributed by atoms with E-state index in [0.29, 0.717) is 28.8 Å². The highest BCUT2D eigenvalue weighted by molar-refractivity contribution is 6.35. The predicted octanol–water partition coefficient (Wildman–Crippen LogP) is 0.588. The van der Waals surface area contributed by atoms with E-state index in [0.717, 1.165) is 0 Å². The van der Waals surface area contributed by atoms with Crippen molar-refractivity contribution in [1.29, 1.82) is 0 Å². The van der Waals surface area contributed by atoms with Crippen LogP contribution in [0.3, 0.4) is 0 Å². The van der Waals surface area contributed by atoms with E-state index in [9.17, 15) is 14.4 Å². The highest BCUT2D eigenvalue weighted by atomic mass is 35.5. The molecule has 0 unspecified atom stereocenters.